The SMILES string of the molecule is O=C(O)c1cnn(-c2cc(Cl)ccc2O)c1C1CC1. The smallest absolute Gasteiger partial charge is 0.339 e. The minimum atomic E-state index is -1.00. The predicted octanol–water partition coefficient (Wildman–Crippen LogP) is 2.81. The molecule has 0 radical (unpaired) electrons. The molecule has 0 unspecified atom stereocenters. The lowest BCUT2D eigenvalue weighted by Gasteiger charge is -2.09. The van der Waals surface area contributed by atoms with Crippen LogP contribution in [0.2, 0.25) is 5.02 Å². The van der Waals surface area contributed by atoms with Gasteiger partial charge >= 0.3 is 5.97 Å². The lowest BCUT2D eigenvalue weighted by Crippen LogP contribution is -2.05. The third-order valence-electron chi connectivity index (χ3n) is 3.17. The molecule has 1 saturated carbocycles. The molecule has 19 heavy (non-hydrogen) atoms. The lowest BCUT2D eigenvalue weighted by atomic mass is 10.1. The molecule has 0 bridgehead atoms. The normalized spacial score (nSPS) is 14.6. The molecule has 2 aromatic rings. The Kier molecular flexibility index (Phi) is 2.71. The van der Waals surface area contributed by atoms with Gasteiger partial charge in [-0.15, -0.1) is 0 Å². The van der Waals surface area contributed by atoms with E-state index in [-0.39, 0.29) is 17.2 Å². The van der Waals surface area contributed by atoms with Crippen LogP contribution in [0.25, 0.3) is 5.69 Å². The van der Waals surface area contributed by atoms with Crippen LogP contribution in [-0.4, -0.2) is 26.0 Å². The molecule has 5 nitrogen and oxygen atoms in total. The first-order valence-electron chi connectivity index (χ1n) is 5.88. The number of aromatic carboxylic acids is 1. The third kappa shape index (κ3) is 2.06. The highest BCUT2D eigenvalue weighted by atomic mass is 35.5. The Bertz CT molecular complexity index is 662. The maximum atomic E-state index is 11.2. The zero-order valence-corrected chi connectivity index (χ0v) is 10.6. The number of carboxylic acid groups (broad SMARTS) is 1. The monoisotopic (exact) mass is 278 g/mol. The predicted molar refractivity (Wildman–Crippen MR) is 69.2 cm³/mol. The molecule has 0 aliphatic heterocycles. The first-order valence-corrected chi connectivity index (χ1v) is 6.26. The summed E-state index contributed by atoms with van der Waals surface area (Å²) in [5.41, 5.74) is 1.22. The van der Waals surface area contributed by atoms with Gasteiger partial charge in [0.2, 0.25) is 0 Å². The summed E-state index contributed by atoms with van der Waals surface area (Å²) < 4.78 is 1.47. The maximum absolute atomic E-state index is 11.2. The van der Waals surface area contributed by atoms with Gasteiger partial charge in [0.1, 0.15) is 17.0 Å². The fourth-order valence-electron chi connectivity index (χ4n) is 2.13. The first kappa shape index (κ1) is 12.0. The van der Waals surface area contributed by atoms with E-state index in [1.54, 1.807) is 12.1 Å². The van der Waals surface area contributed by atoms with E-state index < -0.39 is 5.97 Å². The molecule has 1 aliphatic rings. The molecule has 0 spiro atoms. The Hall–Kier alpha value is -2.01. The van der Waals surface area contributed by atoms with E-state index in [2.05, 4.69) is 5.10 Å². The molecule has 0 atom stereocenters. The summed E-state index contributed by atoms with van der Waals surface area (Å²) in [6, 6.07) is 4.61. The molecule has 0 amide bonds. The molecule has 1 fully saturated rings. The minimum Gasteiger partial charge on any atom is -0.506 e. The van der Waals surface area contributed by atoms with E-state index in [1.165, 1.54) is 16.9 Å². The van der Waals surface area contributed by atoms with Crippen LogP contribution in [0.3, 0.4) is 0 Å². The fraction of sp³-hybridized carbons (Fsp3) is 0.231. The number of phenols is 1. The van der Waals surface area contributed by atoms with Crippen molar-refractivity contribution < 1.29 is 15.0 Å². The van der Waals surface area contributed by atoms with Gasteiger partial charge in [0.25, 0.3) is 0 Å². The molecule has 1 aromatic carbocycles. The number of nitrogens with zero attached hydrogens (tertiary/aromatic N) is 2. The summed E-state index contributed by atoms with van der Waals surface area (Å²) in [7, 11) is 0. The van der Waals surface area contributed by atoms with Crippen LogP contribution in [0, 0.1) is 0 Å². The number of hydrogen-bond donors (Lipinski definition) is 2. The van der Waals surface area contributed by atoms with Gasteiger partial charge in [0, 0.05) is 10.9 Å². The molecule has 1 aliphatic carbocycles. The van der Waals surface area contributed by atoms with Crippen molar-refractivity contribution in [3.05, 3.63) is 40.7 Å². The van der Waals surface area contributed by atoms with Gasteiger partial charge in [-0.25, -0.2) is 9.48 Å². The van der Waals surface area contributed by atoms with Crippen molar-refractivity contribution in [1.82, 2.24) is 9.78 Å². The van der Waals surface area contributed by atoms with Crippen LogP contribution >= 0.6 is 11.6 Å². The van der Waals surface area contributed by atoms with Gasteiger partial charge in [-0.05, 0) is 31.0 Å². The summed E-state index contributed by atoms with van der Waals surface area (Å²) >= 11 is 5.92. The summed E-state index contributed by atoms with van der Waals surface area (Å²) in [5.74, 6) is -0.798. The number of phenolic OH excluding ortho intramolecular Hbond substituents is 1. The van der Waals surface area contributed by atoms with Crippen LogP contribution in [0.4, 0.5) is 0 Å². The van der Waals surface area contributed by atoms with E-state index in [4.69, 9.17) is 11.6 Å². The zero-order valence-electron chi connectivity index (χ0n) is 9.88. The van der Waals surface area contributed by atoms with Gasteiger partial charge in [-0.1, -0.05) is 11.6 Å². The molecule has 1 heterocycles. The largest absolute Gasteiger partial charge is 0.506 e. The van der Waals surface area contributed by atoms with E-state index in [0.29, 0.717) is 16.4 Å². The van der Waals surface area contributed by atoms with Crippen molar-refractivity contribution in [2.45, 2.75) is 18.8 Å². The molecule has 2 N–H and O–H groups in total. The molecule has 1 aromatic heterocycles. The van der Waals surface area contributed by atoms with Crippen molar-refractivity contribution in [2.24, 2.45) is 0 Å². The zero-order chi connectivity index (χ0) is 13.6. The highest BCUT2D eigenvalue weighted by molar-refractivity contribution is 6.30. The fourth-order valence-corrected chi connectivity index (χ4v) is 2.30. The highest BCUT2D eigenvalue weighted by Gasteiger charge is 2.33. The van der Waals surface area contributed by atoms with Crippen molar-refractivity contribution in [3.8, 4) is 11.4 Å². The Morgan fingerprint density at radius 3 is 2.79 bits per heavy atom. The maximum Gasteiger partial charge on any atom is 0.339 e. The standard InChI is InChI=1S/C13H11ClN2O3/c14-8-3-4-11(17)10(5-8)16-12(7-1-2-7)9(6-15-16)13(18)19/h3-7,17H,1-2H2,(H,18,19). The van der Waals surface area contributed by atoms with Crippen molar-refractivity contribution in [1.29, 1.82) is 0 Å². The third-order valence-corrected chi connectivity index (χ3v) is 3.40. The number of aromatic nitrogens is 2. The average Bonchev–Trinajstić information content (AvgIpc) is 3.11. The van der Waals surface area contributed by atoms with Gasteiger partial charge in [-0.2, -0.15) is 5.10 Å². The summed E-state index contributed by atoms with van der Waals surface area (Å²) in [4.78, 5) is 11.2. The topological polar surface area (TPSA) is 75.3 Å². The Morgan fingerprint density at radius 2 is 2.16 bits per heavy atom. The van der Waals surface area contributed by atoms with Crippen LogP contribution in [-0.2, 0) is 0 Å². The van der Waals surface area contributed by atoms with E-state index in [9.17, 15) is 15.0 Å². The van der Waals surface area contributed by atoms with Gasteiger partial charge in [0.05, 0.1) is 11.9 Å². The summed E-state index contributed by atoms with van der Waals surface area (Å²) in [6.07, 6.45) is 3.19. The Balaban J connectivity index is 2.20. The van der Waals surface area contributed by atoms with Gasteiger partial charge in [-0.3, -0.25) is 0 Å². The molecular formula is C13H11ClN2O3. The Morgan fingerprint density at radius 1 is 1.42 bits per heavy atom. The molecule has 6 heteroatoms. The van der Waals surface area contributed by atoms with E-state index in [1.807, 2.05) is 0 Å². The van der Waals surface area contributed by atoms with Gasteiger partial charge < -0.3 is 10.2 Å². The van der Waals surface area contributed by atoms with Gasteiger partial charge in [0.15, 0.2) is 0 Å². The second-order valence-corrected chi connectivity index (χ2v) is 5.00. The summed E-state index contributed by atoms with van der Waals surface area (Å²) in [6.45, 7) is 0. The summed E-state index contributed by atoms with van der Waals surface area (Å²) in [5, 5.41) is 23.6. The number of hydrogen-bond acceptors (Lipinski definition) is 3. The Labute approximate surface area is 114 Å². The molecule has 3 rings (SSSR count). The first-order chi connectivity index (χ1) is 9.08. The molecule has 98 valence electrons. The van der Waals surface area contributed by atoms with Crippen molar-refractivity contribution in [3.63, 3.8) is 0 Å². The second-order valence-electron chi connectivity index (χ2n) is 4.57. The average molecular weight is 279 g/mol. The van der Waals surface area contributed by atoms with E-state index >= 15 is 0 Å². The van der Waals surface area contributed by atoms with Crippen molar-refractivity contribution in [2.75, 3.05) is 0 Å². The van der Waals surface area contributed by atoms with Crippen molar-refractivity contribution >= 4 is 17.6 Å². The molecular weight excluding hydrogens is 268 g/mol. The second kappa shape index (κ2) is 4.28. The number of carboxylic acids is 1. The molecule has 0 saturated heterocycles. The van der Waals surface area contributed by atoms with Crippen LogP contribution in [0.1, 0.15) is 34.8 Å². The minimum absolute atomic E-state index is 0.0198. The number of rotatable bonds is 3. The van der Waals surface area contributed by atoms with Crippen LogP contribution in [0.15, 0.2) is 24.4 Å². The van der Waals surface area contributed by atoms with Crippen LogP contribution < -0.4 is 0 Å². The van der Waals surface area contributed by atoms with E-state index in [0.717, 1.165) is 12.8 Å². The number of halogens is 1. The van der Waals surface area contributed by atoms with Crippen LogP contribution in [0.5, 0.6) is 5.75 Å². The lowest BCUT2D eigenvalue weighted by molar-refractivity contribution is 0.0695. The number of benzene rings is 1. The quantitative estimate of drug-likeness (QED) is 0.905. The number of aromatic hydroxyl groups is 1. The highest BCUT2D eigenvalue weighted by Crippen LogP contribution is 2.43. The number of carbonyl (C=O) groups is 1.